The molecule has 35 heavy (non-hydrogen) atoms. The monoisotopic (exact) mass is 494 g/mol. The van der Waals surface area contributed by atoms with E-state index >= 15 is 0 Å². The zero-order valence-electron chi connectivity index (χ0n) is 20.2. The second-order valence-corrected chi connectivity index (χ2v) is 8.96. The van der Waals surface area contributed by atoms with E-state index in [1.807, 2.05) is 0 Å². The van der Waals surface area contributed by atoms with Crippen LogP contribution in [-0.2, 0) is 35.3 Å². The molecule has 0 aliphatic heterocycles. The minimum absolute atomic E-state index is 0.0250. The van der Waals surface area contributed by atoms with E-state index in [9.17, 15) is 29.1 Å². The Morgan fingerprint density at radius 2 is 1.69 bits per heavy atom. The zero-order valence-corrected chi connectivity index (χ0v) is 20.2. The van der Waals surface area contributed by atoms with Crippen molar-refractivity contribution in [2.24, 2.45) is 11.5 Å². The molecular formula is C23H34N4O8. The number of alkyl carbamates (subject to hydrolysis) is 1. The standard InChI is InChI=1S/C23H34N4O8/c1-22(2,3)35-21(33)26-12-8-7-11-16(18(29)30)27-19(31)23(25,13-17(24)28)20(32)34-14-15-9-5-4-6-10-15/h4-6,9-10,16H,7-8,11-14,25H2,1-3H3,(H2,24,28)(H,26,33)(H,27,31)(H,29,30)/t16-,23-/m0/s1. The highest BCUT2D eigenvalue weighted by molar-refractivity contribution is 6.10. The third-order valence-corrected chi connectivity index (χ3v) is 4.63. The summed E-state index contributed by atoms with van der Waals surface area (Å²) in [7, 11) is 0. The molecule has 0 radical (unpaired) electrons. The first-order valence-corrected chi connectivity index (χ1v) is 11.0. The van der Waals surface area contributed by atoms with Gasteiger partial charge < -0.3 is 36.7 Å². The minimum Gasteiger partial charge on any atom is -0.480 e. The Hall–Kier alpha value is -3.67. The first-order valence-electron chi connectivity index (χ1n) is 11.0. The molecule has 1 aromatic rings. The molecule has 12 heteroatoms. The zero-order chi connectivity index (χ0) is 26.6. The van der Waals surface area contributed by atoms with Crippen molar-refractivity contribution in [1.29, 1.82) is 0 Å². The van der Waals surface area contributed by atoms with Crippen molar-refractivity contribution >= 4 is 29.8 Å². The maximum absolute atomic E-state index is 12.8. The highest BCUT2D eigenvalue weighted by atomic mass is 16.6. The van der Waals surface area contributed by atoms with Gasteiger partial charge in [-0.3, -0.25) is 9.59 Å². The summed E-state index contributed by atoms with van der Waals surface area (Å²) in [5.74, 6) is -4.83. The summed E-state index contributed by atoms with van der Waals surface area (Å²) in [4.78, 5) is 60.2. The Balaban J connectivity index is 2.70. The Labute approximate surface area is 203 Å². The fourth-order valence-electron chi connectivity index (χ4n) is 2.89. The van der Waals surface area contributed by atoms with E-state index in [1.54, 1.807) is 51.1 Å². The number of benzene rings is 1. The van der Waals surface area contributed by atoms with E-state index in [-0.39, 0.29) is 19.6 Å². The molecule has 0 aliphatic rings. The summed E-state index contributed by atoms with van der Waals surface area (Å²) in [5, 5.41) is 14.2. The normalized spacial score (nSPS) is 13.6. The van der Waals surface area contributed by atoms with Crippen LogP contribution in [0.15, 0.2) is 30.3 Å². The Bertz CT molecular complexity index is 901. The molecule has 12 nitrogen and oxygen atoms in total. The van der Waals surface area contributed by atoms with Crippen molar-refractivity contribution in [3.05, 3.63) is 35.9 Å². The molecule has 194 valence electrons. The lowest BCUT2D eigenvalue weighted by atomic mass is 9.94. The van der Waals surface area contributed by atoms with Gasteiger partial charge in [-0.15, -0.1) is 0 Å². The minimum atomic E-state index is -2.51. The molecule has 3 amide bonds. The van der Waals surface area contributed by atoms with Crippen LogP contribution in [0.1, 0.15) is 52.0 Å². The molecule has 2 atom stereocenters. The largest absolute Gasteiger partial charge is 0.480 e. The molecule has 0 spiro atoms. The molecule has 0 fully saturated rings. The average molecular weight is 495 g/mol. The number of nitrogens with two attached hydrogens (primary N) is 2. The molecule has 0 saturated heterocycles. The molecule has 0 unspecified atom stereocenters. The molecule has 0 heterocycles. The Morgan fingerprint density at radius 3 is 2.23 bits per heavy atom. The molecular weight excluding hydrogens is 460 g/mol. The fraction of sp³-hybridized carbons (Fsp3) is 0.522. The van der Waals surface area contributed by atoms with E-state index in [1.165, 1.54) is 0 Å². The van der Waals surface area contributed by atoms with Crippen LogP contribution in [0.3, 0.4) is 0 Å². The SMILES string of the molecule is CC(C)(C)OC(=O)NCCCC[C@H](NC(=O)[C@@](N)(CC(N)=O)C(=O)OCc1ccccc1)C(=O)O. The number of carboxylic acid groups (broad SMARTS) is 1. The summed E-state index contributed by atoms with van der Waals surface area (Å²) in [6, 6.07) is 7.15. The second-order valence-electron chi connectivity index (χ2n) is 8.96. The van der Waals surface area contributed by atoms with Crippen LogP contribution in [0, 0.1) is 0 Å². The van der Waals surface area contributed by atoms with Gasteiger partial charge in [0.1, 0.15) is 18.2 Å². The summed E-state index contributed by atoms with van der Waals surface area (Å²) in [6.07, 6.45) is -0.804. The average Bonchev–Trinajstić information content (AvgIpc) is 2.74. The van der Waals surface area contributed by atoms with Gasteiger partial charge in [-0.25, -0.2) is 14.4 Å². The number of carbonyl (C=O) groups excluding carboxylic acids is 4. The third kappa shape index (κ3) is 10.9. The van der Waals surface area contributed by atoms with Gasteiger partial charge in [0, 0.05) is 6.54 Å². The first kappa shape index (κ1) is 29.4. The number of rotatable bonds is 13. The molecule has 1 rings (SSSR count). The lowest BCUT2D eigenvalue weighted by molar-refractivity contribution is -0.158. The number of nitrogens with one attached hydrogen (secondary N) is 2. The van der Waals surface area contributed by atoms with E-state index in [4.69, 9.17) is 20.9 Å². The van der Waals surface area contributed by atoms with Gasteiger partial charge in [0.05, 0.1) is 6.42 Å². The van der Waals surface area contributed by atoms with Gasteiger partial charge >= 0.3 is 18.0 Å². The van der Waals surface area contributed by atoms with Crippen LogP contribution in [0.4, 0.5) is 4.79 Å². The Morgan fingerprint density at radius 1 is 1.06 bits per heavy atom. The first-order chi connectivity index (χ1) is 16.2. The van der Waals surface area contributed by atoms with Crippen LogP contribution in [-0.4, -0.2) is 58.7 Å². The smallest absolute Gasteiger partial charge is 0.407 e. The molecule has 0 aliphatic carbocycles. The highest BCUT2D eigenvalue weighted by Crippen LogP contribution is 2.14. The van der Waals surface area contributed by atoms with Gasteiger partial charge in [0.15, 0.2) is 0 Å². The lowest BCUT2D eigenvalue weighted by Gasteiger charge is -2.27. The highest BCUT2D eigenvalue weighted by Gasteiger charge is 2.46. The number of carbonyl (C=O) groups is 5. The van der Waals surface area contributed by atoms with E-state index in [0.717, 1.165) is 0 Å². The van der Waals surface area contributed by atoms with Gasteiger partial charge in [-0.2, -0.15) is 0 Å². The van der Waals surface area contributed by atoms with Crippen molar-refractivity contribution in [3.63, 3.8) is 0 Å². The number of carboxylic acids is 1. The predicted octanol–water partition coefficient (Wildman–Crippen LogP) is 0.567. The third-order valence-electron chi connectivity index (χ3n) is 4.63. The van der Waals surface area contributed by atoms with Crippen molar-refractivity contribution < 1.29 is 38.6 Å². The molecule has 0 aromatic heterocycles. The van der Waals surface area contributed by atoms with Crippen LogP contribution in [0.25, 0.3) is 0 Å². The number of ether oxygens (including phenoxy) is 2. The molecule has 1 aromatic carbocycles. The topological polar surface area (TPSA) is 200 Å². The van der Waals surface area contributed by atoms with Crippen molar-refractivity contribution in [1.82, 2.24) is 10.6 Å². The van der Waals surface area contributed by atoms with Gasteiger partial charge in [0.25, 0.3) is 5.91 Å². The number of hydrogen-bond acceptors (Lipinski definition) is 8. The van der Waals surface area contributed by atoms with Crippen LogP contribution in [0.2, 0.25) is 0 Å². The van der Waals surface area contributed by atoms with Crippen LogP contribution in [0.5, 0.6) is 0 Å². The predicted molar refractivity (Wildman–Crippen MR) is 125 cm³/mol. The van der Waals surface area contributed by atoms with Gasteiger partial charge in [-0.05, 0) is 45.6 Å². The number of hydrogen-bond donors (Lipinski definition) is 5. The quantitative estimate of drug-likeness (QED) is 0.148. The van der Waals surface area contributed by atoms with Crippen molar-refractivity contribution in [2.75, 3.05) is 6.54 Å². The number of unbranched alkanes of at least 4 members (excludes halogenated alkanes) is 1. The number of esters is 1. The van der Waals surface area contributed by atoms with E-state index in [0.29, 0.717) is 18.4 Å². The maximum Gasteiger partial charge on any atom is 0.407 e. The number of aliphatic carboxylic acids is 1. The van der Waals surface area contributed by atoms with Crippen molar-refractivity contribution in [2.45, 2.75) is 70.2 Å². The molecule has 7 N–H and O–H groups in total. The summed E-state index contributed by atoms with van der Waals surface area (Å²) in [5.41, 5.74) is 8.54. The summed E-state index contributed by atoms with van der Waals surface area (Å²) >= 11 is 0. The van der Waals surface area contributed by atoms with Gasteiger partial charge in [-0.1, -0.05) is 30.3 Å². The van der Waals surface area contributed by atoms with Crippen LogP contribution >= 0.6 is 0 Å². The Kier molecular flexibility index (Phi) is 11.1. The summed E-state index contributed by atoms with van der Waals surface area (Å²) < 4.78 is 10.2. The van der Waals surface area contributed by atoms with E-state index < -0.39 is 53.4 Å². The van der Waals surface area contributed by atoms with Gasteiger partial charge in [0.2, 0.25) is 11.4 Å². The second kappa shape index (κ2) is 13.3. The fourth-order valence-corrected chi connectivity index (χ4v) is 2.89. The lowest BCUT2D eigenvalue weighted by Crippen LogP contribution is -2.63. The molecule has 0 saturated carbocycles. The molecule has 0 bridgehead atoms. The van der Waals surface area contributed by atoms with E-state index in [2.05, 4.69) is 10.6 Å². The number of amides is 3. The summed E-state index contributed by atoms with van der Waals surface area (Å²) in [6.45, 7) is 5.18. The van der Waals surface area contributed by atoms with Crippen LogP contribution < -0.4 is 22.1 Å². The van der Waals surface area contributed by atoms with Crippen molar-refractivity contribution in [3.8, 4) is 0 Å². The number of primary amides is 1. The maximum atomic E-state index is 12.8.